The summed E-state index contributed by atoms with van der Waals surface area (Å²) < 4.78 is 33.7. The van der Waals surface area contributed by atoms with Gasteiger partial charge in [-0.15, -0.1) is 0 Å². The molecule has 1 N–H and O–H groups in total. The van der Waals surface area contributed by atoms with Crippen LogP contribution in [0.1, 0.15) is 22.7 Å². The summed E-state index contributed by atoms with van der Waals surface area (Å²) in [6.07, 6.45) is 0. The highest BCUT2D eigenvalue weighted by atomic mass is 32.2. The molecule has 0 aliphatic heterocycles. The molecule has 0 heterocycles. The van der Waals surface area contributed by atoms with Crippen LogP contribution < -0.4 is 14.4 Å². The lowest BCUT2D eigenvalue weighted by atomic mass is 9.95. The Morgan fingerprint density at radius 3 is 2.17 bits per heavy atom. The highest BCUT2D eigenvalue weighted by molar-refractivity contribution is 7.92. The van der Waals surface area contributed by atoms with E-state index in [2.05, 4.69) is 5.32 Å². The van der Waals surface area contributed by atoms with Crippen LogP contribution in [0.2, 0.25) is 0 Å². The number of carbonyl (C=O) groups excluding carboxylic acids is 1. The molecule has 0 saturated carbocycles. The van der Waals surface area contributed by atoms with Crippen molar-refractivity contribution in [1.29, 1.82) is 0 Å². The zero-order valence-electron chi connectivity index (χ0n) is 20.2. The van der Waals surface area contributed by atoms with Crippen LogP contribution in [0.25, 0.3) is 0 Å². The summed E-state index contributed by atoms with van der Waals surface area (Å²) in [6, 6.07) is 31.7. The molecular formula is C29H28N2O4S. The van der Waals surface area contributed by atoms with E-state index in [4.69, 9.17) is 4.74 Å². The lowest BCUT2D eigenvalue weighted by molar-refractivity contribution is -0.120. The average Bonchev–Trinajstić information content (AvgIpc) is 2.92. The summed E-state index contributed by atoms with van der Waals surface area (Å²) in [5.74, 6) is 0.0534. The van der Waals surface area contributed by atoms with Gasteiger partial charge in [-0.25, -0.2) is 8.42 Å². The molecule has 0 fully saturated rings. The van der Waals surface area contributed by atoms with E-state index in [0.717, 1.165) is 21.0 Å². The van der Waals surface area contributed by atoms with Gasteiger partial charge in [0.1, 0.15) is 12.3 Å². The number of anilines is 1. The largest absolute Gasteiger partial charge is 0.497 e. The molecule has 4 rings (SSSR count). The van der Waals surface area contributed by atoms with Crippen molar-refractivity contribution in [1.82, 2.24) is 5.32 Å². The number of amides is 1. The van der Waals surface area contributed by atoms with E-state index in [9.17, 15) is 13.2 Å². The topological polar surface area (TPSA) is 75.7 Å². The summed E-state index contributed by atoms with van der Waals surface area (Å²) in [7, 11) is -2.52. The van der Waals surface area contributed by atoms with E-state index in [1.807, 2.05) is 61.5 Å². The maximum atomic E-state index is 13.7. The molecule has 1 atom stereocenters. The number of ether oxygens (including phenoxy) is 1. The van der Waals surface area contributed by atoms with E-state index in [0.29, 0.717) is 11.4 Å². The Hall–Kier alpha value is -4.10. The van der Waals surface area contributed by atoms with Gasteiger partial charge >= 0.3 is 0 Å². The molecule has 7 heteroatoms. The van der Waals surface area contributed by atoms with Crippen molar-refractivity contribution in [3.05, 3.63) is 126 Å². The first kappa shape index (κ1) is 25.0. The minimum absolute atomic E-state index is 0.0964. The molecule has 6 nitrogen and oxygen atoms in total. The number of nitrogens with zero attached hydrogens (tertiary/aromatic N) is 1. The van der Waals surface area contributed by atoms with Gasteiger partial charge in [-0.1, -0.05) is 78.9 Å². The zero-order chi connectivity index (χ0) is 25.5. The summed E-state index contributed by atoms with van der Waals surface area (Å²) in [4.78, 5) is 13.6. The molecule has 0 saturated heterocycles. The number of carbonyl (C=O) groups is 1. The number of aryl methyl sites for hydroxylation is 1. The molecule has 0 bridgehead atoms. The first-order valence-electron chi connectivity index (χ1n) is 11.5. The highest BCUT2D eigenvalue weighted by Crippen LogP contribution is 2.28. The fourth-order valence-electron chi connectivity index (χ4n) is 4.03. The van der Waals surface area contributed by atoms with Crippen molar-refractivity contribution in [2.45, 2.75) is 17.9 Å². The Kier molecular flexibility index (Phi) is 7.71. The van der Waals surface area contributed by atoms with E-state index in [1.165, 1.54) is 19.2 Å². The van der Waals surface area contributed by atoms with Gasteiger partial charge in [0.25, 0.3) is 10.0 Å². The Morgan fingerprint density at radius 1 is 0.861 bits per heavy atom. The van der Waals surface area contributed by atoms with Gasteiger partial charge in [-0.2, -0.15) is 0 Å². The third kappa shape index (κ3) is 5.58. The Bertz CT molecular complexity index is 1420. The summed E-state index contributed by atoms with van der Waals surface area (Å²) in [5.41, 5.74) is 3.20. The molecule has 0 aliphatic rings. The molecule has 1 amide bonds. The molecule has 0 unspecified atom stereocenters. The molecule has 0 aliphatic carbocycles. The maximum Gasteiger partial charge on any atom is 0.264 e. The predicted octanol–water partition coefficient (Wildman–Crippen LogP) is 5.10. The Balaban J connectivity index is 1.71. The lowest BCUT2D eigenvalue weighted by Crippen LogP contribution is -2.42. The summed E-state index contributed by atoms with van der Waals surface area (Å²) in [6.45, 7) is 1.58. The SMILES string of the molecule is COc1cccc(N(CC(=O)N[C@H](c2ccccc2)c2ccccc2C)S(=O)(=O)c2ccccc2)c1. The quantitative estimate of drug-likeness (QED) is 0.347. The standard InChI is InChI=1S/C29H28N2O4S/c1-22-12-9-10-19-27(22)29(23-13-5-3-6-14-23)30-28(32)21-31(24-15-11-16-25(20-24)35-2)36(33,34)26-17-7-4-8-18-26/h3-20,29H,21H2,1-2H3,(H,30,32)/t29-/m1/s1. The molecule has 0 radical (unpaired) electrons. The number of methoxy groups -OCH3 is 1. The molecule has 36 heavy (non-hydrogen) atoms. The van der Waals surface area contributed by atoms with Crippen LogP contribution in [0.15, 0.2) is 114 Å². The molecule has 0 spiro atoms. The van der Waals surface area contributed by atoms with E-state index >= 15 is 0 Å². The summed E-state index contributed by atoms with van der Waals surface area (Å²) in [5, 5.41) is 3.07. The minimum atomic E-state index is -4.03. The molecule has 4 aromatic carbocycles. The second kappa shape index (κ2) is 11.1. The molecule has 0 aromatic heterocycles. The Morgan fingerprint density at radius 2 is 1.50 bits per heavy atom. The summed E-state index contributed by atoms with van der Waals surface area (Å²) >= 11 is 0. The van der Waals surface area contributed by atoms with E-state index < -0.39 is 28.5 Å². The fraction of sp³-hybridized carbons (Fsp3) is 0.138. The fourth-order valence-corrected chi connectivity index (χ4v) is 5.47. The van der Waals surface area contributed by atoms with Crippen molar-refractivity contribution >= 4 is 21.6 Å². The van der Waals surface area contributed by atoms with Crippen molar-refractivity contribution in [3.63, 3.8) is 0 Å². The smallest absolute Gasteiger partial charge is 0.264 e. The minimum Gasteiger partial charge on any atom is -0.497 e. The number of hydrogen-bond donors (Lipinski definition) is 1. The van der Waals surface area contributed by atoms with Crippen molar-refractivity contribution < 1.29 is 17.9 Å². The third-order valence-electron chi connectivity index (χ3n) is 5.90. The van der Waals surface area contributed by atoms with Gasteiger partial charge in [-0.05, 0) is 47.9 Å². The van der Waals surface area contributed by atoms with Crippen LogP contribution in [0.3, 0.4) is 0 Å². The first-order chi connectivity index (χ1) is 17.4. The molecule has 184 valence electrons. The van der Waals surface area contributed by atoms with Crippen molar-refractivity contribution in [2.24, 2.45) is 0 Å². The predicted molar refractivity (Wildman–Crippen MR) is 142 cm³/mol. The van der Waals surface area contributed by atoms with Gasteiger partial charge in [0.05, 0.1) is 23.7 Å². The van der Waals surface area contributed by atoms with E-state index in [1.54, 1.807) is 42.5 Å². The van der Waals surface area contributed by atoms with Crippen molar-refractivity contribution in [3.8, 4) is 5.75 Å². The van der Waals surface area contributed by atoms with Crippen LogP contribution in [-0.4, -0.2) is 28.0 Å². The van der Waals surface area contributed by atoms with Crippen LogP contribution in [0.5, 0.6) is 5.75 Å². The van der Waals surface area contributed by atoms with Crippen LogP contribution in [0, 0.1) is 6.92 Å². The number of hydrogen-bond acceptors (Lipinski definition) is 4. The van der Waals surface area contributed by atoms with Gasteiger partial charge < -0.3 is 10.1 Å². The van der Waals surface area contributed by atoms with Crippen molar-refractivity contribution in [2.75, 3.05) is 18.0 Å². The first-order valence-corrected chi connectivity index (χ1v) is 13.0. The number of sulfonamides is 1. The second-order valence-electron chi connectivity index (χ2n) is 8.29. The van der Waals surface area contributed by atoms with Gasteiger partial charge in [0.15, 0.2) is 0 Å². The monoisotopic (exact) mass is 500 g/mol. The number of nitrogens with one attached hydrogen (secondary N) is 1. The highest BCUT2D eigenvalue weighted by Gasteiger charge is 2.29. The molecular weight excluding hydrogens is 472 g/mol. The lowest BCUT2D eigenvalue weighted by Gasteiger charge is -2.27. The van der Waals surface area contributed by atoms with Crippen LogP contribution in [0.4, 0.5) is 5.69 Å². The molecule has 4 aromatic rings. The number of benzene rings is 4. The second-order valence-corrected chi connectivity index (χ2v) is 10.2. The van der Waals surface area contributed by atoms with Gasteiger partial charge in [0.2, 0.25) is 5.91 Å². The maximum absolute atomic E-state index is 13.7. The third-order valence-corrected chi connectivity index (χ3v) is 7.69. The Labute approximate surface area is 212 Å². The van der Waals surface area contributed by atoms with Crippen LogP contribution in [-0.2, 0) is 14.8 Å². The van der Waals surface area contributed by atoms with Gasteiger partial charge in [-0.3, -0.25) is 9.10 Å². The zero-order valence-corrected chi connectivity index (χ0v) is 21.0. The van der Waals surface area contributed by atoms with E-state index in [-0.39, 0.29) is 4.90 Å². The average molecular weight is 501 g/mol. The normalized spacial score (nSPS) is 11.9. The number of rotatable bonds is 9. The van der Waals surface area contributed by atoms with Gasteiger partial charge in [0, 0.05) is 6.07 Å². The van der Waals surface area contributed by atoms with Crippen LogP contribution >= 0.6 is 0 Å².